The molecule has 210 valence electrons. The van der Waals surface area contributed by atoms with Crippen molar-refractivity contribution in [1.82, 2.24) is 0 Å². The highest BCUT2D eigenvalue weighted by molar-refractivity contribution is 9.09. The minimum Gasteiger partial charge on any atom is -0.465 e. The highest BCUT2D eigenvalue weighted by atomic mass is 79.9. The average molecular weight is 576 g/mol. The van der Waals surface area contributed by atoms with Gasteiger partial charge >= 0.3 is 5.97 Å². The van der Waals surface area contributed by atoms with Crippen LogP contribution in [-0.4, -0.2) is 17.9 Å². The third kappa shape index (κ3) is 3.77. The van der Waals surface area contributed by atoms with Crippen molar-refractivity contribution in [1.29, 1.82) is 0 Å². The van der Waals surface area contributed by atoms with Gasteiger partial charge in [-0.05, 0) is 121 Å². The SMILES string of the molecule is C=C(CBr)C1CCC2(COC(C)=O)CCC3(C)C(CCC4C5(C)CCC(C)C(C)(CC)C5CCC43C)C12. The Hall–Kier alpha value is -0.310. The van der Waals surface area contributed by atoms with E-state index in [0.717, 1.165) is 23.1 Å². The molecule has 5 aliphatic rings. The minimum absolute atomic E-state index is 0.114. The summed E-state index contributed by atoms with van der Waals surface area (Å²) < 4.78 is 5.84. The molecule has 0 aromatic rings. The molecular formula is C34H55BrO2. The first-order valence-electron chi connectivity index (χ1n) is 15.7. The van der Waals surface area contributed by atoms with Gasteiger partial charge < -0.3 is 4.74 Å². The van der Waals surface area contributed by atoms with E-state index in [0.29, 0.717) is 46.0 Å². The Bertz CT molecular complexity index is 929. The third-order valence-electron chi connectivity index (χ3n) is 14.9. The van der Waals surface area contributed by atoms with Crippen LogP contribution < -0.4 is 0 Å². The molecule has 0 aliphatic heterocycles. The molecule has 0 saturated heterocycles. The topological polar surface area (TPSA) is 26.3 Å². The zero-order chi connectivity index (χ0) is 27.0. The molecule has 3 heteroatoms. The van der Waals surface area contributed by atoms with E-state index in [9.17, 15) is 4.79 Å². The molecule has 5 saturated carbocycles. The lowest BCUT2D eigenvalue weighted by molar-refractivity contribution is -0.246. The molecule has 0 N–H and O–H groups in total. The molecule has 11 atom stereocenters. The van der Waals surface area contributed by atoms with Gasteiger partial charge in [-0.25, -0.2) is 0 Å². The highest BCUT2D eigenvalue weighted by Gasteiger charge is 2.71. The Labute approximate surface area is 236 Å². The number of carbonyl (C=O) groups is 1. The van der Waals surface area contributed by atoms with Crippen LogP contribution in [0, 0.1) is 62.6 Å². The summed E-state index contributed by atoms with van der Waals surface area (Å²) in [5, 5.41) is 0.897. The van der Waals surface area contributed by atoms with Gasteiger partial charge in [0.15, 0.2) is 0 Å². The fourth-order valence-electron chi connectivity index (χ4n) is 12.4. The van der Waals surface area contributed by atoms with E-state index < -0.39 is 0 Å². The van der Waals surface area contributed by atoms with Gasteiger partial charge in [-0.3, -0.25) is 4.79 Å². The molecule has 2 nitrogen and oxygen atoms in total. The summed E-state index contributed by atoms with van der Waals surface area (Å²) >= 11 is 3.77. The molecule has 0 spiro atoms. The number of allylic oxidation sites excluding steroid dienone is 1. The van der Waals surface area contributed by atoms with Gasteiger partial charge in [0.2, 0.25) is 0 Å². The lowest BCUT2D eigenvalue weighted by Crippen LogP contribution is -2.66. The van der Waals surface area contributed by atoms with Crippen molar-refractivity contribution in [2.75, 3.05) is 11.9 Å². The van der Waals surface area contributed by atoms with Crippen molar-refractivity contribution in [3.05, 3.63) is 12.2 Å². The van der Waals surface area contributed by atoms with E-state index >= 15 is 0 Å². The van der Waals surface area contributed by atoms with Crippen LogP contribution in [0.4, 0.5) is 0 Å². The molecule has 0 bridgehead atoms. The van der Waals surface area contributed by atoms with E-state index in [4.69, 9.17) is 4.74 Å². The number of ether oxygens (including phenoxy) is 1. The predicted molar refractivity (Wildman–Crippen MR) is 158 cm³/mol. The smallest absolute Gasteiger partial charge is 0.302 e. The normalized spacial score (nSPS) is 52.9. The van der Waals surface area contributed by atoms with Crippen LogP contribution in [0.25, 0.3) is 0 Å². The first-order valence-corrected chi connectivity index (χ1v) is 16.8. The lowest BCUT2D eigenvalue weighted by Gasteiger charge is -2.73. The molecule has 0 aromatic heterocycles. The molecule has 11 unspecified atom stereocenters. The largest absolute Gasteiger partial charge is 0.465 e. The van der Waals surface area contributed by atoms with Crippen molar-refractivity contribution in [2.24, 2.45) is 62.6 Å². The van der Waals surface area contributed by atoms with Gasteiger partial charge in [-0.2, -0.15) is 0 Å². The summed E-state index contributed by atoms with van der Waals surface area (Å²) in [5.41, 5.74) is 3.24. The summed E-state index contributed by atoms with van der Waals surface area (Å²) in [6.07, 6.45) is 14.7. The van der Waals surface area contributed by atoms with Crippen LogP contribution in [0.5, 0.6) is 0 Å². The number of halogens is 1. The number of alkyl halides is 1. The highest BCUT2D eigenvalue weighted by Crippen LogP contribution is 2.78. The van der Waals surface area contributed by atoms with Crippen LogP contribution >= 0.6 is 15.9 Å². The Morgan fingerprint density at radius 3 is 2.30 bits per heavy atom. The number of hydrogen-bond acceptors (Lipinski definition) is 2. The van der Waals surface area contributed by atoms with E-state index in [1.165, 1.54) is 76.2 Å². The van der Waals surface area contributed by atoms with Crippen LogP contribution in [0.3, 0.4) is 0 Å². The standard InChI is InChI=1S/C34H55BrO2/c1-9-30(5)23(3)12-15-31(6)27(30)14-16-33(8)28(31)11-10-26-29-25(22(2)20-35)13-17-34(29,21-37-24(4)36)19-18-32(26,33)7/h23,25-29H,2,9-21H2,1,3-8H3. The summed E-state index contributed by atoms with van der Waals surface area (Å²) in [6, 6.07) is 0. The van der Waals surface area contributed by atoms with Crippen molar-refractivity contribution < 1.29 is 9.53 Å². The molecule has 5 fully saturated rings. The molecule has 5 aliphatic carbocycles. The predicted octanol–water partition coefficient (Wildman–Crippen LogP) is 9.61. The van der Waals surface area contributed by atoms with Crippen LogP contribution in [-0.2, 0) is 9.53 Å². The second kappa shape index (κ2) is 9.37. The van der Waals surface area contributed by atoms with E-state index in [2.05, 4.69) is 64.1 Å². The molecule has 0 amide bonds. The van der Waals surface area contributed by atoms with Gasteiger partial charge in [0.1, 0.15) is 0 Å². The van der Waals surface area contributed by atoms with Crippen molar-refractivity contribution in [3.63, 3.8) is 0 Å². The Morgan fingerprint density at radius 1 is 0.919 bits per heavy atom. The molecule has 0 heterocycles. The van der Waals surface area contributed by atoms with Crippen LogP contribution in [0.15, 0.2) is 12.2 Å². The zero-order valence-electron chi connectivity index (χ0n) is 25.1. The monoisotopic (exact) mass is 574 g/mol. The Morgan fingerprint density at radius 2 is 1.65 bits per heavy atom. The van der Waals surface area contributed by atoms with E-state index in [1.807, 2.05) is 0 Å². The second-order valence-electron chi connectivity index (χ2n) is 15.6. The van der Waals surface area contributed by atoms with Gasteiger partial charge in [0.25, 0.3) is 0 Å². The summed E-state index contributed by atoms with van der Waals surface area (Å²) in [4.78, 5) is 12.0. The van der Waals surface area contributed by atoms with Crippen LogP contribution in [0.1, 0.15) is 119 Å². The molecule has 37 heavy (non-hydrogen) atoms. The maximum absolute atomic E-state index is 12.0. The number of hydrogen-bond donors (Lipinski definition) is 0. The quantitative estimate of drug-likeness (QED) is 0.185. The summed E-state index contributed by atoms with van der Waals surface area (Å²) in [7, 11) is 0. The van der Waals surface area contributed by atoms with Crippen LogP contribution in [0.2, 0.25) is 0 Å². The van der Waals surface area contributed by atoms with Crippen molar-refractivity contribution in [2.45, 2.75) is 119 Å². The fraction of sp³-hybridized carbons (Fsp3) is 0.912. The van der Waals surface area contributed by atoms with Crippen molar-refractivity contribution >= 4 is 21.9 Å². The zero-order valence-corrected chi connectivity index (χ0v) is 26.6. The molecule has 5 rings (SSSR count). The Balaban J connectivity index is 1.53. The summed E-state index contributed by atoms with van der Waals surface area (Å²) in [6.45, 7) is 22.7. The van der Waals surface area contributed by atoms with Gasteiger partial charge in [-0.15, -0.1) is 0 Å². The molecule has 0 aromatic carbocycles. The maximum atomic E-state index is 12.0. The van der Waals surface area contributed by atoms with Gasteiger partial charge in [0.05, 0.1) is 6.61 Å². The number of carbonyl (C=O) groups excluding carboxylic acids is 1. The average Bonchev–Trinajstić information content (AvgIpc) is 3.25. The minimum atomic E-state index is -0.114. The number of fused-ring (bicyclic) bond motifs is 7. The number of rotatable bonds is 5. The third-order valence-corrected chi connectivity index (χ3v) is 15.7. The van der Waals surface area contributed by atoms with Gasteiger partial charge in [0, 0.05) is 17.7 Å². The first-order chi connectivity index (χ1) is 17.3. The van der Waals surface area contributed by atoms with Crippen molar-refractivity contribution in [3.8, 4) is 0 Å². The second-order valence-corrected chi connectivity index (χ2v) is 16.1. The number of esters is 1. The van der Waals surface area contributed by atoms with E-state index in [1.54, 1.807) is 6.92 Å². The van der Waals surface area contributed by atoms with Gasteiger partial charge in [-0.1, -0.05) is 76.0 Å². The molecule has 0 radical (unpaired) electrons. The maximum Gasteiger partial charge on any atom is 0.302 e. The first kappa shape index (κ1) is 28.2. The van der Waals surface area contributed by atoms with E-state index in [-0.39, 0.29) is 11.4 Å². The lowest BCUT2D eigenvalue weighted by atomic mass is 9.31. The molecular weight excluding hydrogens is 520 g/mol. The fourth-order valence-corrected chi connectivity index (χ4v) is 12.8. The Kier molecular flexibility index (Phi) is 7.15. The summed E-state index contributed by atoms with van der Waals surface area (Å²) in [5.74, 6) is 4.30.